The zero-order valence-electron chi connectivity index (χ0n) is 19.2. The van der Waals surface area contributed by atoms with Crippen molar-refractivity contribution in [3.05, 3.63) is 12.7 Å². The number of rotatable bonds is 16. The van der Waals surface area contributed by atoms with Crippen LogP contribution in [0.5, 0.6) is 0 Å². The first-order chi connectivity index (χ1) is 11.6. The molecule has 1 atom stereocenters. The lowest BCUT2D eigenvalue weighted by atomic mass is 9.60. The molecule has 0 aromatic carbocycles. The van der Waals surface area contributed by atoms with Crippen LogP contribution >= 0.6 is 34.0 Å². The van der Waals surface area contributed by atoms with E-state index in [4.69, 9.17) is 5.73 Å². The summed E-state index contributed by atoms with van der Waals surface area (Å²) in [5.74, 6) is 0. The van der Waals surface area contributed by atoms with E-state index in [2.05, 4.69) is 53.4 Å². The average molecular weight is 514 g/mol. The third kappa shape index (κ3) is 12.0. The SMILES string of the molecule is Br.Br.C=CCC(C)(C)C(C)(C)C(C)(N)NCCCCCCCCCCCC. The summed E-state index contributed by atoms with van der Waals surface area (Å²) in [4.78, 5) is 0. The quantitative estimate of drug-likeness (QED) is 0.125. The molecule has 0 saturated carbocycles. The van der Waals surface area contributed by atoms with E-state index in [1.807, 2.05) is 6.08 Å². The second-order valence-corrected chi connectivity index (χ2v) is 9.31. The van der Waals surface area contributed by atoms with Gasteiger partial charge in [-0.25, -0.2) is 0 Å². The molecule has 0 saturated heterocycles. The molecule has 1 unspecified atom stereocenters. The summed E-state index contributed by atoms with van der Waals surface area (Å²) in [6.07, 6.45) is 16.7. The van der Waals surface area contributed by atoms with Crippen LogP contribution in [0.4, 0.5) is 0 Å². The summed E-state index contributed by atoms with van der Waals surface area (Å²) in [6, 6.07) is 0. The van der Waals surface area contributed by atoms with Gasteiger partial charge in [-0.2, -0.15) is 0 Å². The summed E-state index contributed by atoms with van der Waals surface area (Å²) in [5, 5.41) is 3.63. The van der Waals surface area contributed by atoms with Gasteiger partial charge in [0.15, 0.2) is 0 Å². The molecule has 0 amide bonds. The molecule has 0 rings (SSSR count). The molecule has 27 heavy (non-hydrogen) atoms. The molecule has 0 heterocycles. The first kappa shape index (κ1) is 32.3. The highest BCUT2D eigenvalue weighted by atomic mass is 79.9. The second-order valence-electron chi connectivity index (χ2n) is 9.31. The van der Waals surface area contributed by atoms with Crippen molar-refractivity contribution in [1.82, 2.24) is 5.32 Å². The van der Waals surface area contributed by atoms with Gasteiger partial charge in [0.1, 0.15) is 0 Å². The Labute approximate surface area is 192 Å². The van der Waals surface area contributed by atoms with Crippen molar-refractivity contribution >= 4 is 34.0 Å². The Morgan fingerprint density at radius 1 is 0.778 bits per heavy atom. The molecular formula is C23H50Br2N2. The Balaban J connectivity index is -0.00000288. The maximum Gasteiger partial charge on any atom is 0.0690 e. The summed E-state index contributed by atoms with van der Waals surface area (Å²) in [5.41, 5.74) is 6.40. The lowest BCUT2D eigenvalue weighted by molar-refractivity contribution is 0.00854. The fourth-order valence-corrected chi connectivity index (χ4v) is 3.50. The van der Waals surface area contributed by atoms with Crippen molar-refractivity contribution in [2.75, 3.05) is 6.54 Å². The highest BCUT2D eigenvalue weighted by Gasteiger charge is 2.47. The lowest BCUT2D eigenvalue weighted by Gasteiger charge is -2.52. The predicted octanol–water partition coefficient (Wildman–Crippen LogP) is 7.96. The van der Waals surface area contributed by atoms with E-state index in [1.54, 1.807) is 0 Å². The summed E-state index contributed by atoms with van der Waals surface area (Å²) in [6.45, 7) is 18.5. The Kier molecular flexibility index (Phi) is 19.6. The molecule has 0 aliphatic heterocycles. The van der Waals surface area contributed by atoms with E-state index in [-0.39, 0.29) is 50.5 Å². The summed E-state index contributed by atoms with van der Waals surface area (Å²) >= 11 is 0. The van der Waals surface area contributed by atoms with Crippen LogP contribution in [0, 0.1) is 10.8 Å². The Morgan fingerprint density at radius 3 is 1.59 bits per heavy atom. The van der Waals surface area contributed by atoms with Crippen molar-refractivity contribution in [2.24, 2.45) is 16.6 Å². The van der Waals surface area contributed by atoms with E-state index >= 15 is 0 Å². The molecule has 0 radical (unpaired) electrons. The van der Waals surface area contributed by atoms with Gasteiger partial charge in [-0.3, -0.25) is 5.32 Å². The predicted molar refractivity (Wildman–Crippen MR) is 135 cm³/mol. The minimum Gasteiger partial charge on any atom is -0.313 e. The van der Waals surface area contributed by atoms with Crippen molar-refractivity contribution in [3.8, 4) is 0 Å². The number of hydrogen-bond acceptors (Lipinski definition) is 2. The van der Waals surface area contributed by atoms with E-state index in [0.717, 1.165) is 13.0 Å². The third-order valence-electron chi connectivity index (χ3n) is 6.67. The zero-order chi connectivity index (χ0) is 19.4. The van der Waals surface area contributed by atoms with Gasteiger partial charge in [0.25, 0.3) is 0 Å². The number of hydrogen-bond donors (Lipinski definition) is 2. The molecule has 166 valence electrons. The molecule has 0 fully saturated rings. The minimum atomic E-state index is -0.376. The van der Waals surface area contributed by atoms with Crippen LogP contribution in [0.3, 0.4) is 0 Å². The van der Waals surface area contributed by atoms with Gasteiger partial charge in [-0.1, -0.05) is 98.5 Å². The lowest BCUT2D eigenvalue weighted by Crippen LogP contribution is -2.65. The van der Waals surface area contributed by atoms with Gasteiger partial charge in [0, 0.05) is 5.41 Å². The monoisotopic (exact) mass is 512 g/mol. The number of nitrogens with one attached hydrogen (secondary N) is 1. The first-order valence-corrected chi connectivity index (χ1v) is 10.8. The van der Waals surface area contributed by atoms with Gasteiger partial charge in [0.2, 0.25) is 0 Å². The van der Waals surface area contributed by atoms with Crippen LogP contribution in [0.25, 0.3) is 0 Å². The van der Waals surface area contributed by atoms with Crippen LogP contribution in [0.15, 0.2) is 12.7 Å². The standard InChI is InChI=1S/C23H48N2.2BrH/c1-8-10-11-12-13-14-15-16-17-18-20-25-23(7,24)22(5,6)21(3,4)19-9-2;;/h9,25H,2,8,10-20,24H2,1,3-7H3;2*1H. The molecule has 3 N–H and O–H groups in total. The normalized spacial score (nSPS) is 14.0. The van der Waals surface area contributed by atoms with Crippen LogP contribution < -0.4 is 11.1 Å². The molecule has 0 spiro atoms. The van der Waals surface area contributed by atoms with Crippen molar-refractivity contribution < 1.29 is 0 Å². The largest absolute Gasteiger partial charge is 0.313 e. The molecular weight excluding hydrogens is 464 g/mol. The number of halogens is 2. The maximum atomic E-state index is 6.69. The van der Waals surface area contributed by atoms with Crippen LogP contribution in [-0.2, 0) is 0 Å². The van der Waals surface area contributed by atoms with E-state index in [0.29, 0.717) is 0 Å². The first-order valence-electron chi connectivity index (χ1n) is 10.8. The second kappa shape index (κ2) is 16.4. The molecule has 4 heteroatoms. The topological polar surface area (TPSA) is 38.0 Å². The fraction of sp³-hybridized carbons (Fsp3) is 0.913. The zero-order valence-corrected chi connectivity index (χ0v) is 22.6. The fourth-order valence-electron chi connectivity index (χ4n) is 3.50. The highest BCUT2D eigenvalue weighted by molar-refractivity contribution is 8.93. The number of unbranched alkanes of at least 4 members (excludes halogenated alkanes) is 9. The molecule has 0 bridgehead atoms. The molecule has 0 aliphatic rings. The van der Waals surface area contributed by atoms with Gasteiger partial charge in [0.05, 0.1) is 5.66 Å². The van der Waals surface area contributed by atoms with Gasteiger partial charge in [-0.15, -0.1) is 40.5 Å². The van der Waals surface area contributed by atoms with E-state index < -0.39 is 0 Å². The van der Waals surface area contributed by atoms with E-state index in [9.17, 15) is 0 Å². The molecule has 0 aromatic rings. The Morgan fingerprint density at radius 2 is 1.19 bits per heavy atom. The van der Waals surface area contributed by atoms with Crippen molar-refractivity contribution in [3.63, 3.8) is 0 Å². The highest BCUT2D eigenvalue weighted by Crippen LogP contribution is 2.46. The number of allylic oxidation sites excluding steroid dienone is 1. The van der Waals surface area contributed by atoms with E-state index in [1.165, 1.54) is 64.2 Å². The summed E-state index contributed by atoms with van der Waals surface area (Å²) < 4.78 is 0. The minimum absolute atomic E-state index is 0. The smallest absolute Gasteiger partial charge is 0.0690 e. The molecule has 2 nitrogen and oxygen atoms in total. The Hall–Kier alpha value is 0.620. The maximum absolute atomic E-state index is 6.69. The van der Waals surface area contributed by atoms with Crippen LogP contribution in [0.1, 0.15) is 112 Å². The van der Waals surface area contributed by atoms with Crippen LogP contribution in [0.2, 0.25) is 0 Å². The summed E-state index contributed by atoms with van der Waals surface area (Å²) in [7, 11) is 0. The molecule has 0 aromatic heterocycles. The van der Waals surface area contributed by atoms with Gasteiger partial charge in [-0.05, 0) is 31.7 Å². The van der Waals surface area contributed by atoms with Crippen molar-refractivity contribution in [1.29, 1.82) is 0 Å². The van der Waals surface area contributed by atoms with Gasteiger partial charge < -0.3 is 5.73 Å². The van der Waals surface area contributed by atoms with Crippen molar-refractivity contribution in [2.45, 2.75) is 118 Å². The molecule has 0 aliphatic carbocycles. The number of nitrogens with two attached hydrogens (primary N) is 1. The van der Waals surface area contributed by atoms with Crippen LogP contribution in [-0.4, -0.2) is 12.2 Å². The third-order valence-corrected chi connectivity index (χ3v) is 6.67. The average Bonchev–Trinajstić information content (AvgIpc) is 2.52. The van der Waals surface area contributed by atoms with Gasteiger partial charge >= 0.3 is 0 Å². The Bertz CT molecular complexity index is 352.